The second-order valence-electron chi connectivity index (χ2n) is 3.27. The average Bonchev–Trinajstić information content (AvgIpc) is 2.49. The van der Waals surface area contributed by atoms with E-state index in [0.717, 1.165) is 31.4 Å². The molecule has 1 aromatic heterocycles. The first-order valence-corrected chi connectivity index (χ1v) is 4.55. The highest BCUT2D eigenvalue weighted by Crippen LogP contribution is 2.28. The van der Waals surface area contributed by atoms with E-state index in [1.165, 1.54) is 5.69 Å². The van der Waals surface area contributed by atoms with Crippen molar-refractivity contribution in [1.82, 2.24) is 9.78 Å². The number of aliphatic hydroxyl groups is 1. The van der Waals surface area contributed by atoms with Gasteiger partial charge in [-0.05, 0) is 26.2 Å². The summed E-state index contributed by atoms with van der Waals surface area (Å²) in [5.41, 5.74) is 2.28. The fourth-order valence-electron chi connectivity index (χ4n) is 1.87. The molecule has 0 aromatic carbocycles. The summed E-state index contributed by atoms with van der Waals surface area (Å²) in [6, 6.07) is 0. The van der Waals surface area contributed by atoms with E-state index in [-0.39, 0.29) is 6.10 Å². The standard InChI is InChI=1S/C9H14N2O/c1-2-11-8-4-3-5-9(12)7(8)6-10-11/h6,9,12H,2-5H2,1H3. The van der Waals surface area contributed by atoms with Crippen LogP contribution in [0, 0.1) is 0 Å². The SMILES string of the molecule is CCn1ncc2c1CCCC2O. The quantitative estimate of drug-likeness (QED) is 0.682. The van der Waals surface area contributed by atoms with Gasteiger partial charge in [0.15, 0.2) is 0 Å². The van der Waals surface area contributed by atoms with Crippen molar-refractivity contribution in [1.29, 1.82) is 0 Å². The maximum atomic E-state index is 9.62. The van der Waals surface area contributed by atoms with Crippen LogP contribution in [0.3, 0.4) is 0 Å². The van der Waals surface area contributed by atoms with Gasteiger partial charge < -0.3 is 5.11 Å². The molecule has 0 fully saturated rings. The minimum atomic E-state index is -0.269. The van der Waals surface area contributed by atoms with Crippen LogP contribution in [0.4, 0.5) is 0 Å². The molecule has 0 aliphatic heterocycles. The molecule has 1 unspecified atom stereocenters. The number of rotatable bonds is 1. The number of hydrogen-bond donors (Lipinski definition) is 1. The van der Waals surface area contributed by atoms with Gasteiger partial charge in [-0.15, -0.1) is 0 Å². The molecule has 1 N–H and O–H groups in total. The van der Waals surface area contributed by atoms with E-state index in [1.807, 2.05) is 10.9 Å². The van der Waals surface area contributed by atoms with Crippen LogP contribution in [0.2, 0.25) is 0 Å². The van der Waals surface area contributed by atoms with E-state index in [9.17, 15) is 5.11 Å². The monoisotopic (exact) mass is 166 g/mol. The minimum Gasteiger partial charge on any atom is -0.388 e. The molecule has 0 amide bonds. The molecule has 0 saturated carbocycles. The minimum absolute atomic E-state index is 0.269. The molecule has 1 heterocycles. The topological polar surface area (TPSA) is 38.0 Å². The summed E-state index contributed by atoms with van der Waals surface area (Å²) in [5, 5.41) is 13.8. The van der Waals surface area contributed by atoms with Crippen molar-refractivity contribution in [3.05, 3.63) is 17.5 Å². The van der Waals surface area contributed by atoms with Gasteiger partial charge in [-0.25, -0.2) is 0 Å². The van der Waals surface area contributed by atoms with Crippen LogP contribution >= 0.6 is 0 Å². The molecule has 12 heavy (non-hydrogen) atoms. The molecular formula is C9H14N2O. The second kappa shape index (κ2) is 2.90. The fourth-order valence-corrected chi connectivity index (χ4v) is 1.87. The molecule has 1 aliphatic rings. The molecule has 1 aromatic rings. The van der Waals surface area contributed by atoms with E-state index in [0.29, 0.717) is 0 Å². The number of hydrogen-bond acceptors (Lipinski definition) is 2. The first kappa shape index (κ1) is 7.80. The van der Waals surface area contributed by atoms with E-state index >= 15 is 0 Å². The number of nitrogens with zero attached hydrogens (tertiary/aromatic N) is 2. The largest absolute Gasteiger partial charge is 0.388 e. The van der Waals surface area contributed by atoms with E-state index in [4.69, 9.17) is 0 Å². The van der Waals surface area contributed by atoms with Gasteiger partial charge >= 0.3 is 0 Å². The summed E-state index contributed by atoms with van der Waals surface area (Å²) in [5.74, 6) is 0. The highest BCUT2D eigenvalue weighted by molar-refractivity contribution is 5.23. The third kappa shape index (κ3) is 1.05. The Morgan fingerprint density at radius 1 is 1.75 bits per heavy atom. The summed E-state index contributed by atoms with van der Waals surface area (Å²) in [4.78, 5) is 0. The van der Waals surface area contributed by atoms with Gasteiger partial charge in [0, 0.05) is 17.8 Å². The molecule has 0 radical (unpaired) electrons. The molecule has 2 rings (SSSR count). The third-order valence-electron chi connectivity index (χ3n) is 2.53. The first-order chi connectivity index (χ1) is 5.83. The van der Waals surface area contributed by atoms with Gasteiger partial charge in [0.2, 0.25) is 0 Å². The van der Waals surface area contributed by atoms with Gasteiger partial charge in [-0.2, -0.15) is 5.10 Å². The van der Waals surface area contributed by atoms with E-state index in [1.54, 1.807) is 0 Å². The second-order valence-corrected chi connectivity index (χ2v) is 3.27. The molecule has 66 valence electrons. The van der Waals surface area contributed by atoms with Crippen LogP contribution in [-0.4, -0.2) is 14.9 Å². The average molecular weight is 166 g/mol. The van der Waals surface area contributed by atoms with Crippen LogP contribution in [0.25, 0.3) is 0 Å². The maximum absolute atomic E-state index is 9.62. The van der Waals surface area contributed by atoms with E-state index in [2.05, 4.69) is 12.0 Å². The predicted octanol–water partition coefficient (Wildman–Crippen LogP) is 1.27. The normalized spacial score (nSPS) is 22.3. The Morgan fingerprint density at radius 3 is 3.33 bits per heavy atom. The lowest BCUT2D eigenvalue weighted by Gasteiger charge is -2.17. The zero-order chi connectivity index (χ0) is 8.55. The zero-order valence-electron chi connectivity index (χ0n) is 7.32. The Labute approximate surface area is 72.0 Å². The number of fused-ring (bicyclic) bond motifs is 1. The zero-order valence-corrected chi connectivity index (χ0v) is 7.32. The Morgan fingerprint density at radius 2 is 2.58 bits per heavy atom. The smallest absolute Gasteiger partial charge is 0.0823 e. The summed E-state index contributed by atoms with van der Waals surface area (Å²) < 4.78 is 1.98. The number of aromatic nitrogens is 2. The van der Waals surface area contributed by atoms with Gasteiger partial charge in [0.25, 0.3) is 0 Å². The first-order valence-electron chi connectivity index (χ1n) is 4.55. The van der Waals surface area contributed by atoms with Crippen LogP contribution in [0.1, 0.15) is 37.1 Å². The van der Waals surface area contributed by atoms with Crippen molar-refractivity contribution in [2.24, 2.45) is 0 Å². The Balaban J connectivity index is 2.41. The van der Waals surface area contributed by atoms with Crippen molar-refractivity contribution < 1.29 is 5.11 Å². The van der Waals surface area contributed by atoms with Crippen LogP contribution < -0.4 is 0 Å². The summed E-state index contributed by atoms with van der Waals surface area (Å²) in [6.07, 6.45) is 4.58. The van der Waals surface area contributed by atoms with Crippen LogP contribution in [-0.2, 0) is 13.0 Å². The highest BCUT2D eigenvalue weighted by Gasteiger charge is 2.21. The maximum Gasteiger partial charge on any atom is 0.0823 e. The van der Waals surface area contributed by atoms with Gasteiger partial charge in [-0.3, -0.25) is 4.68 Å². The van der Waals surface area contributed by atoms with E-state index < -0.39 is 0 Å². The van der Waals surface area contributed by atoms with Crippen molar-refractivity contribution in [3.8, 4) is 0 Å². The van der Waals surface area contributed by atoms with Gasteiger partial charge in [0.05, 0.1) is 12.3 Å². The molecule has 3 nitrogen and oxygen atoms in total. The molecular weight excluding hydrogens is 152 g/mol. The summed E-state index contributed by atoms with van der Waals surface area (Å²) >= 11 is 0. The fraction of sp³-hybridized carbons (Fsp3) is 0.667. The predicted molar refractivity (Wildman–Crippen MR) is 45.8 cm³/mol. The third-order valence-corrected chi connectivity index (χ3v) is 2.53. The molecule has 0 bridgehead atoms. The molecule has 1 aliphatic carbocycles. The summed E-state index contributed by atoms with van der Waals surface area (Å²) in [7, 11) is 0. The van der Waals surface area contributed by atoms with Gasteiger partial charge in [-0.1, -0.05) is 0 Å². The lowest BCUT2D eigenvalue weighted by molar-refractivity contribution is 0.155. The van der Waals surface area contributed by atoms with Crippen molar-refractivity contribution in [3.63, 3.8) is 0 Å². The van der Waals surface area contributed by atoms with Crippen molar-refractivity contribution >= 4 is 0 Å². The molecule has 0 saturated heterocycles. The van der Waals surface area contributed by atoms with Crippen LogP contribution in [0.15, 0.2) is 6.20 Å². The van der Waals surface area contributed by atoms with Gasteiger partial charge in [0.1, 0.15) is 0 Å². The number of aryl methyl sites for hydroxylation is 1. The Kier molecular flexibility index (Phi) is 1.89. The molecule has 0 spiro atoms. The molecule has 1 atom stereocenters. The van der Waals surface area contributed by atoms with Crippen LogP contribution in [0.5, 0.6) is 0 Å². The summed E-state index contributed by atoms with van der Waals surface area (Å²) in [6.45, 7) is 2.98. The highest BCUT2D eigenvalue weighted by atomic mass is 16.3. The Hall–Kier alpha value is -0.830. The van der Waals surface area contributed by atoms with Crippen molar-refractivity contribution in [2.45, 2.75) is 38.8 Å². The molecule has 3 heteroatoms. The van der Waals surface area contributed by atoms with Crippen molar-refractivity contribution in [2.75, 3.05) is 0 Å². The lowest BCUT2D eigenvalue weighted by atomic mass is 9.95. The Bertz CT molecular complexity index is 280. The lowest BCUT2D eigenvalue weighted by Crippen LogP contribution is -2.11. The number of aliphatic hydroxyl groups excluding tert-OH is 1.